The molecule has 0 aliphatic carbocycles. The van der Waals surface area contributed by atoms with Gasteiger partial charge in [-0.2, -0.15) is 0 Å². The van der Waals surface area contributed by atoms with Gasteiger partial charge in [0.05, 0.1) is 32.9 Å². The number of esters is 1. The van der Waals surface area contributed by atoms with Crippen molar-refractivity contribution in [1.82, 2.24) is 9.80 Å². The highest BCUT2D eigenvalue weighted by Crippen LogP contribution is 2.28. The molecule has 0 unspecified atom stereocenters. The van der Waals surface area contributed by atoms with Crippen LogP contribution in [0, 0.1) is 6.92 Å². The Hall–Kier alpha value is -4.05. The largest absolute Gasteiger partial charge is 0.493 e. The molecule has 0 aliphatic rings. The van der Waals surface area contributed by atoms with Crippen LogP contribution in [0.4, 0.5) is 10.5 Å². The average Bonchev–Trinajstić information content (AvgIpc) is 3.38. The number of methoxy groups -OCH3 is 2. The predicted octanol–water partition coefficient (Wildman–Crippen LogP) is 5.77. The SMILES string of the molecule is CCCN(CC(=O)N(CCc1ccc(OC)c(OC)c1)Cc1sccc1C)C(=O)Nc1ccc(C(=O)OCC)cc1. The van der Waals surface area contributed by atoms with Gasteiger partial charge in [0, 0.05) is 23.7 Å². The van der Waals surface area contributed by atoms with Crippen molar-refractivity contribution in [3.63, 3.8) is 0 Å². The first-order valence-electron chi connectivity index (χ1n) is 13.6. The summed E-state index contributed by atoms with van der Waals surface area (Å²) in [5.41, 5.74) is 3.07. The zero-order chi connectivity index (χ0) is 29.8. The van der Waals surface area contributed by atoms with Gasteiger partial charge in [0.2, 0.25) is 5.91 Å². The number of nitrogens with zero attached hydrogens (tertiary/aromatic N) is 2. The van der Waals surface area contributed by atoms with E-state index in [0.29, 0.717) is 55.2 Å². The van der Waals surface area contributed by atoms with Gasteiger partial charge in [0.1, 0.15) is 6.54 Å². The van der Waals surface area contributed by atoms with Crippen LogP contribution in [0.2, 0.25) is 0 Å². The number of nitrogens with one attached hydrogen (secondary N) is 1. The number of aryl methyl sites for hydroxylation is 1. The number of hydrogen-bond donors (Lipinski definition) is 1. The predicted molar refractivity (Wildman–Crippen MR) is 161 cm³/mol. The number of ether oxygens (including phenoxy) is 3. The highest BCUT2D eigenvalue weighted by atomic mass is 32.1. The maximum absolute atomic E-state index is 13.7. The third kappa shape index (κ3) is 8.97. The van der Waals surface area contributed by atoms with Crippen LogP contribution >= 0.6 is 11.3 Å². The van der Waals surface area contributed by atoms with E-state index in [4.69, 9.17) is 14.2 Å². The van der Waals surface area contributed by atoms with Crippen LogP contribution in [0.3, 0.4) is 0 Å². The van der Waals surface area contributed by atoms with E-state index in [1.165, 1.54) is 4.90 Å². The zero-order valence-corrected chi connectivity index (χ0v) is 25.2. The van der Waals surface area contributed by atoms with E-state index in [0.717, 1.165) is 16.0 Å². The second kappa shape index (κ2) is 15.7. The quantitative estimate of drug-likeness (QED) is 0.243. The summed E-state index contributed by atoms with van der Waals surface area (Å²) in [5, 5.41) is 4.87. The Kier molecular flexibility index (Phi) is 12.0. The highest BCUT2D eigenvalue weighted by Gasteiger charge is 2.22. The summed E-state index contributed by atoms with van der Waals surface area (Å²) in [6, 6.07) is 13.9. The van der Waals surface area contributed by atoms with E-state index in [-0.39, 0.29) is 25.1 Å². The van der Waals surface area contributed by atoms with Crippen molar-refractivity contribution >= 4 is 34.9 Å². The van der Waals surface area contributed by atoms with Crippen molar-refractivity contribution in [2.24, 2.45) is 0 Å². The summed E-state index contributed by atoms with van der Waals surface area (Å²) < 4.78 is 15.8. The third-order valence-corrected chi connectivity index (χ3v) is 7.54. The van der Waals surface area contributed by atoms with E-state index < -0.39 is 5.97 Å². The van der Waals surface area contributed by atoms with Gasteiger partial charge in [-0.15, -0.1) is 11.3 Å². The van der Waals surface area contributed by atoms with E-state index >= 15 is 0 Å². The smallest absolute Gasteiger partial charge is 0.338 e. The zero-order valence-electron chi connectivity index (χ0n) is 24.4. The van der Waals surface area contributed by atoms with Crippen LogP contribution in [0.25, 0.3) is 0 Å². The minimum absolute atomic E-state index is 0.0586. The Labute approximate surface area is 246 Å². The summed E-state index contributed by atoms with van der Waals surface area (Å²) in [4.78, 5) is 43.2. The summed E-state index contributed by atoms with van der Waals surface area (Å²) >= 11 is 1.62. The first-order chi connectivity index (χ1) is 19.8. The molecule has 0 bridgehead atoms. The highest BCUT2D eigenvalue weighted by molar-refractivity contribution is 7.10. The molecule has 9 nitrogen and oxygen atoms in total. The molecule has 220 valence electrons. The lowest BCUT2D eigenvalue weighted by molar-refractivity contribution is -0.132. The van der Waals surface area contributed by atoms with E-state index in [1.807, 2.05) is 43.5 Å². The van der Waals surface area contributed by atoms with Gasteiger partial charge in [0.15, 0.2) is 11.5 Å². The molecule has 3 aromatic rings. The molecular weight excluding hydrogens is 542 g/mol. The van der Waals surface area contributed by atoms with Gasteiger partial charge in [-0.1, -0.05) is 13.0 Å². The molecule has 10 heteroatoms. The van der Waals surface area contributed by atoms with Crippen molar-refractivity contribution < 1.29 is 28.6 Å². The topological polar surface area (TPSA) is 97.4 Å². The van der Waals surface area contributed by atoms with Gasteiger partial charge in [-0.25, -0.2) is 9.59 Å². The number of anilines is 1. The van der Waals surface area contributed by atoms with Crippen LogP contribution < -0.4 is 14.8 Å². The summed E-state index contributed by atoms with van der Waals surface area (Å²) in [6.07, 6.45) is 1.31. The number of rotatable bonds is 14. The normalized spacial score (nSPS) is 10.6. The second-order valence-corrected chi connectivity index (χ2v) is 10.4. The molecule has 2 aromatic carbocycles. The minimum Gasteiger partial charge on any atom is -0.493 e. The number of carbonyl (C=O) groups excluding carboxylic acids is 3. The Bertz CT molecular complexity index is 1310. The summed E-state index contributed by atoms with van der Waals surface area (Å²) in [5.74, 6) is 0.727. The van der Waals surface area contributed by atoms with E-state index in [1.54, 1.807) is 61.6 Å². The second-order valence-electron chi connectivity index (χ2n) is 9.43. The van der Waals surface area contributed by atoms with Crippen LogP contribution in [-0.2, 0) is 22.5 Å². The molecule has 1 N–H and O–H groups in total. The van der Waals surface area contributed by atoms with Crippen molar-refractivity contribution in [3.8, 4) is 11.5 Å². The van der Waals surface area contributed by atoms with Crippen LogP contribution in [0.15, 0.2) is 53.9 Å². The average molecular weight is 582 g/mol. The fraction of sp³-hybridized carbons (Fsp3) is 0.387. The van der Waals surface area contributed by atoms with Gasteiger partial charge < -0.3 is 29.3 Å². The fourth-order valence-electron chi connectivity index (χ4n) is 4.22. The molecule has 0 atom stereocenters. The molecular formula is C31H39N3O6S. The van der Waals surface area contributed by atoms with Crippen molar-refractivity contribution in [2.75, 3.05) is 45.8 Å². The number of carbonyl (C=O) groups is 3. The molecule has 0 fully saturated rings. The van der Waals surface area contributed by atoms with Gasteiger partial charge in [0.25, 0.3) is 0 Å². The van der Waals surface area contributed by atoms with Crippen LogP contribution in [0.5, 0.6) is 11.5 Å². The van der Waals surface area contributed by atoms with Crippen molar-refractivity contribution in [2.45, 2.75) is 40.2 Å². The lowest BCUT2D eigenvalue weighted by Gasteiger charge is -2.28. The van der Waals surface area contributed by atoms with Crippen molar-refractivity contribution in [1.29, 1.82) is 0 Å². The van der Waals surface area contributed by atoms with E-state index in [9.17, 15) is 14.4 Å². The molecule has 3 rings (SSSR count). The number of thiophene rings is 1. The lowest BCUT2D eigenvalue weighted by atomic mass is 10.1. The third-order valence-electron chi connectivity index (χ3n) is 6.53. The Morgan fingerprint density at radius 1 is 0.902 bits per heavy atom. The maximum atomic E-state index is 13.7. The van der Waals surface area contributed by atoms with Crippen LogP contribution in [0.1, 0.15) is 46.6 Å². The molecule has 0 aliphatic heterocycles. The molecule has 3 amide bonds. The maximum Gasteiger partial charge on any atom is 0.338 e. The molecule has 0 saturated carbocycles. The van der Waals surface area contributed by atoms with Gasteiger partial charge >= 0.3 is 12.0 Å². The lowest BCUT2D eigenvalue weighted by Crippen LogP contribution is -2.45. The number of benzene rings is 2. The number of hydrogen-bond acceptors (Lipinski definition) is 7. The Balaban J connectivity index is 1.72. The summed E-state index contributed by atoms with van der Waals surface area (Å²) in [7, 11) is 3.19. The minimum atomic E-state index is -0.419. The summed E-state index contributed by atoms with van der Waals surface area (Å²) in [6.45, 7) is 7.32. The first-order valence-corrected chi connectivity index (χ1v) is 14.5. The molecule has 0 radical (unpaired) electrons. The number of amides is 3. The molecule has 1 aromatic heterocycles. The Morgan fingerprint density at radius 3 is 2.24 bits per heavy atom. The number of urea groups is 1. The first kappa shape index (κ1) is 31.5. The molecule has 1 heterocycles. The monoisotopic (exact) mass is 581 g/mol. The van der Waals surface area contributed by atoms with Gasteiger partial charge in [-0.05, 0) is 85.7 Å². The molecule has 41 heavy (non-hydrogen) atoms. The van der Waals surface area contributed by atoms with Crippen molar-refractivity contribution in [3.05, 3.63) is 75.5 Å². The standard InChI is InChI=1S/C31H39N3O6S/c1-6-16-34(31(37)32-25-11-9-24(10-12-25)30(36)40-7-2)21-29(35)33(20-28-22(3)15-18-41-28)17-14-23-8-13-26(38-4)27(19-23)39-5/h8-13,15,18-19H,6-7,14,16-17,20-21H2,1-5H3,(H,32,37). The fourth-order valence-corrected chi connectivity index (χ4v) is 5.14. The molecule has 0 saturated heterocycles. The van der Waals surface area contributed by atoms with Gasteiger partial charge in [-0.3, -0.25) is 4.79 Å². The van der Waals surface area contributed by atoms with Crippen LogP contribution in [-0.4, -0.2) is 68.2 Å². The Morgan fingerprint density at radius 2 is 1.63 bits per heavy atom. The van der Waals surface area contributed by atoms with E-state index in [2.05, 4.69) is 5.32 Å². The molecule has 0 spiro atoms.